The lowest BCUT2D eigenvalue weighted by molar-refractivity contribution is 1.25. The van der Waals surface area contributed by atoms with Crippen LogP contribution in [0.3, 0.4) is 0 Å². The van der Waals surface area contributed by atoms with Gasteiger partial charge < -0.3 is 10.4 Å². The minimum atomic E-state index is 0.566. The number of aryl methyl sites for hydroxylation is 1. The average molecular weight is 175 g/mol. The van der Waals surface area contributed by atoms with Crippen molar-refractivity contribution in [2.24, 2.45) is 4.99 Å². The summed E-state index contributed by atoms with van der Waals surface area (Å²) in [4.78, 5) is 7.83. The van der Waals surface area contributed by atoms with Crippen molar-refractivity contribution in [1.29, 1.82) is 5.41 Å². The van der Waals surface area contributed by atoms with Gasteiger partial charge in [0.2, 0.25) is 0 Å². The molecule has 0 aromatic carbocycles. The third kappa shape index (κ3) is 2.47. The van der Waals surface area contributed by atoms with E-state index < -0.39 is 0 Å². The van der Waals surface area contributed by atoms with Crippen LogP contribution < -0.4 is 0 Å². The second kappa shape index (κ2) is 4.50. The molecule has 68 valence electrons. The highest BCUT2D eigenvalue weighted by molar-refractivity contribution is 6.05. The molecular formula is C10H13N3. The van der Waals surface area contributed by atoms with E-state index in [1.54, 1.807) is 25.7 Å². The Balaban J connectivity index is 2.83. The largest absolute Gasteiger partial charge is 0.304 e. The molecule has 0 atom stereocenters. The van der Waals surface area contributed by atoms with Gasteiger partial charge in [0, 0.05) is 43.4 Å². The van der Waals surface area contributed by atoms with Gasteiger partial charge in [0.15, 0.2) is 0 Å². The van der Waals surface area contributed by atoms with E-state index in [1.807, 2.05) is 13.0 Å². The molecule has 0 bridgehead atoms. The summed E-state index contributed by atoms with van der Waals surface area (Å²) >= 11 is 0. The van der Waals surface area contributed by atoms with Crippen LogP contribution in [0.2, 0.25) is 0 Å². The first-order valence-electron chi connectivity index (χ1n) is 4.14. The molecular weight excluding hydrogens is 162 g/mol. The molecule has 0 unspecified atom stereocenters. The van der Waals surface area contributed by atoms with E-state index in [2.05, 4.69) is 9.98 Å². The zero-order valence-corrected chi connectivity index (χ0v) is 7.91. The highest BCUT2D eigenvalue weighted by atomic mass is 14.6. The van der Waals surface area contributed by atoms with Gasteiger partial charge in [-0.15, -0.1) is 0 Å². The van der Waals surface area contributed by atoms with Crippen molar-refractivity contribution in [3.05, 3.63) is 29.6 Å². The van der Waals surface area contributed by atoms with Gasteiger partial charge in [-0.25, -0.2) is 0 Å². The van der Waals surface area contributed by atoms with Crippen LogP contribution in [-0.4, -0.2) is 24.0 Å². The lowest BCUT2D eigenvalue weighted by Crippen LogP contribution is -2.02. The molecule has 0 saturated carbocycles. The van der Waals surface area contributed by atoms with E-state index in [0.717, 1.165) is 11.1 Å². The summed E-state index contributed by atoms with van der Waals surface area (Å²) in [5, 5.41) is 7.74. The van der Waals surface area contributed by atoms with Crippen molar-refractivity contribution in [2.75, 3.05) is 7.05 Å². The number of pyridine rings is 1. The lowest BCUT2D eigenvalue weighted by Gasteiger charge is -2.03. The van der Waals surface area contributed by atoms with Gasteiger partial charge in [-0.2, -0.15) is 0 Å². The maximum absolute atomic E-state index is 7.74. The fourth-order valence-electron chi connectivity index (χ4n) is 1.07. The topological polar surface area (TPSA) is 49.1 Å². The first-order chi connectivity index (χ1) is 6.25. The molecule has 0 fully saturated rings. The molecule has 1 N–H and O–H groups in total. The zero-order chi connectivity index (χ0) is 9.68. The zero-order valence-electron chi connectivity index (χ0n) is 7.91. The molecule has 3 heteroatoms. The monoisotopic (exact) mass is 175 g/mol. The Labute approximate surface area is 78.1 Å². The summed E-state index contributed by atoms with van der Waals surface area (Å²) in [6, 6.07) is 1.91. The Morgan fingerprint density at radius 1 is 1.69 bits per heavy atom. The van der Waals surface area contributed by atoms with Gasteiger partial charge >= 0.3 is 0 Å². The maximum atomic E-state index is 7.74. The van der Waals surface area contributed by atoms with Crippen molar-refractivity contribution in [3.63, 3.8) is 0 Å². The smallest absolute Gasteiger partial charge is 0.0457 e. The van der Waals surface area contributed by atoms with E-state index in [0.29, 0.717) is 12.1 Å². The Morgan fingerprint density at radius 2 is 2.46 bits per heavy atom. The van der Waals surface area contributed by atoms with Gasteiger partial charge in [0.05, 0.1) is 0 Å². The van der Waals surface area contributed by atoms with E-state index in [-0.39, 0.29) is 0 Å². The molecule has 0 spiro atoms. The minimum absolute atomic E-state index is 0.566. The number of hydrogen-bond donors (Lipinski definition) is 1. The fraction of sp³-hybridized carbons (Fsp3) is 0.300. The first-order valence-corrected chi connectivity index (χ1v) is 4.14. The molecule has 0 saturated heterocycles. The standard InChI is InChI=1S/C10H13N3/c1-8-3-6-13-7-9(8)10(11)4-5-12-2/h3,5-7,11H,4H2,1-2H3. The van der Waals surface area contributed by atoms with Crippen LogP contribution in [0.5, 0.6) is 0 Å². The number of aromatic nitrogens is 1. The Kier molecular flexibility index (Phi) is 3.31. The quantitative estimate of drug-likeness (QED) is 0.700. The summed E-state index contributed by atoms with van der Waals surface area (Å²) in [5.41, 5.74) is 2.56. The maximum Gasteiger partial charge on any atom is 0.0457 e. The molecule has 1 rings (SSSR count). The van der Waals surface area contributed by atoms with Crippen molar-refractivity contribution in [3.8, 4) is 0 Å². The predicted molar refractivity (Wildman–Crippen MR) is 54.8 cm³/mol. The summed E-state index contributed by atoms with van der Waals surface area (Å²) in [6.07, 6.45) is 5.76. The number of aliphatic imine (C=N–C) groups is 1. The molecule has 0 radical (unpaired) electrons. The van der Waals surface area contributed by atoms with Gasteiger partial charge in [0.1, 0.15) is 0 Å². The number of nitrogens with zero attached hydrogens (tertiary/aromatic N) is 2. The molecule has 0 aliphatic heterocycles. The van der Waals surface area contributed by atoms with Crippen LogP contribution in [0.15, 0.2) is 23.5 Å². The fourth-order valence-corrected chi connectivity index (χ4v) is 1.07. The van der Waals surface area contributed by atoms with Gasteiger partial charge in [-0.1, -0.05) is 0 Å². The Bertz CT molecular complexity index is 329. The van der Waals surface area contributed by atoms with E-state index >= 15 is 0 Å². The van der Waals surface area contributed by atoms with E-state index in [1.165, 1.54) is 0 Å². The number of rotatable bonds is 3. The van der Waals surface area contributed by atoms with E-state index in [9.17, 15) is 0 Å². The molecule has 1 aromatic heterocycles. The van der Waals surface area contributed by atoms with Gasteiger partial charge in [0.25, 0.3) is 0 Å². The van der Waals surface area contributed by atoms with Crippen LogP contribution >= 0.6 is 0 Å². The summed E-state index contributed by atoms with van der Waals surface area (Å²) in [5.74, 6) is 0. The van der Waals surface area contributed by atoms with Crippen LogP contribution in [0.4, 0.5) is 0 Å². The molecule has 1 heterocycles. The Morgan fingerprint density at radius 3 is 3.08 bits per heavy atom. The van der Waals surface area contributed by atoms with Crippen LogP contribution in [0.1, 0.15) is 17.5 Å². The molecule has 0 amide bonds. The molecule has 13 heavy (non-hydrogen) atoms. The molecule has 0 aliphatic rings. The second-order valence-corrected chi connectivity index (χ2v) is 2.81. The van der Waals surface area contributed by atoms with Gasteiger partial charge in [-0.05, 0) is 18.6 Å². The van der Waals surface area contributed by atoms with Crippen molar-refractivity contribution in [1.82, 2.24) is 4.98 Å². The van der Waals surface area contributed by atoms with Crippen molar-refractivity contribution < 1.29 is 0 Å². The predicted octanol–water partition coefficient (Wildman–Crippen LogP) is 1.85. The highest BCUT2D eigenvalue weighted by Crippen LogP contribution is 2.06. The van der Waals surface area contributed by atoms with Crippen molar-refractivity contribution >= 4 is 11.9 Å². The SMILES string of the molecule is CN=CCC(=N)c1cnccc1C. The third-order valence-electron chi connectivity index (χ3n) is 1.84. The number of hydrogen-bond acceptors (Lipinski definition) is 3. The second-order valence-electron chi connectivity index (χ2n) is 2.81. The minimum Gasteiger partial charge on any atom is -0.304 e. The molecule has 0 aliphatic carbocycles. The third-order valence-corrected chi connectivity index (χ3v) is 1.84. The average Bonchev–Trinajstić information content (AvgIpc) is 2.15. The summed E-state index contributed by atoms with van der Waals surface area (Å²) in [6.45, 7) is 1.98. The normalized spacial score (nSPS) is 10.6. The molecule has 3 nitrogen and oxygen atoms in total. The van der Waals surface area contributed by atoms with Crippen molar-refractivity contribution in [2.45, 2.75) is 13.3 Å². The van der Waals surface area contributed by atoms with Crippen LogP contribution in [0, 0.1) is 12.3 Å². The van der Waals surface area contributed by atoms with Crippen LogP contribution in [0.25, 0.3) is 0 Å². The lowest BCUT2D eigenvalue weighted by atomic mass is 10.1. The van der Waals surface area contributed by atoms with Gasteiger partial charge in [-0.3, -0.25) is 4.98 Å². The summed E-state index contributed by atoms with van der Waals surface area (Å²) < 4.78 is 0. The summed E-state index contributed by atoms with van der Waals surface area (Å²) in [7, 11) is 1.71. The van der Waals surface area contributed by atoms with E-state index in [4.69, 9.17) is 5.41 Å². The molecule has 1 aromatic rings. The first kappa shape index (κ1) is 9.58. The Hall–Kier alpha value is -1.51. The van der Waals surface area contributed by atoms with Crippen LogP contribution in [-0.2, 0) is 0 Å². The number of nitrogens with one attached hydrogen (secondary N) is 1. The highest BCUT2D eigenvalue weighted by Gasteiger charge is 2.02.